The van der Waals surface area contributed by atoms with Crippen LogP contribution in [0.5, 0.6) is 0 Å². The Hall–Kier alpha value is -0.950. The van der Waals surface area contributed by atoms with Crippen LogP contribution in [0.3, 0.4) is 0 Å². The molecule has 1 saturated heterocycles. The molecule has 1 aromatic carbocycles. The van der Waals surface area contributed by atoms with Gasteiger partial charge in [0.2, 0.25) is 10.0 Å². The SMILES string of the molecule is CC1CC(NS(=O)(=O)c2ccc(CO)cc2)CCO1. The van der Waals surface area contributed by atoms with Crippen LogP contribution in [0, 0.1) is 0 Å². The van der Waals surface area contributed by atoms with Gasteiger partial charge in [0, 0.05) is 12.6 Å². The Bertz CT molecular complexity index is 512. The number of ether oxygens (including phenoxy) is 1. The maximum absolute atomic E-state index is 12.2. The van der Waals surface area contributed by atoms with Gasteiger partial charge < -0.3 is 9.84 Å². The summed E-state index contributed by atoms with van der Waals surface area (Å²) < 4.78 is 32.5. The average molecular weight is 285 g/mol. The zero-order chi connectivity index (χ0) is 13.9. The minimum atomic E-state index is -3.50. The summed E-state index contributed by atoms with van der Waals surface area (Å²) in [7, 11) is -3.50. The molecule has 0 aromatic heterocycles. The number of aliphatic hydroxyl groups excluding tert-OH is 1. The van der Waals surface area contributed by atoms with E-state index in [0.29, 0.717) is 25.0 Å². The molecule has 0 spiro atoms. The van der Waals surface area contributed by atoms with E-state index in [0.717, 1.165) is 0 Å². The monoisotopic (exact) mass is 285 g/mol. The summed E-state index contributed by atoms with van der Waals surface area (Å²) in [5, 5.41) is 8.94. The van der Waals surface area contributed by atoms with Crippen molar-refractivity contribution in [3.05, 3.63) is 29.8 Å². The Morgan fingerprint density at radius 2 is 2.05 bits per heavy atom. The fourth-order valence-electron chi connectivity index (χ4n) is 2.17. The quantitative estimate of drug-likeness (QED) is 0.866. The molecule has 2 N–H and O–H groups in total. The standard InChI is InChI=1S/C13H19NO4S/c1-10-8-12(6-7-18-10)14-19(16,17)13-4-2-11(9-15)3-5-13/h2-5,10,12,14-15H,6-9H2,1H3. The molecular weight excluding hydrogens is 266 g/mol. The van der Waals surface area contributed by atoms with Crippen LogP contribution in [0.4, 0.5) is 0 Å². The molecule has 2 atom stereocenters. The first kappa shape index (κ1) is 14.5. The van der Waals surface area contributed by atoms with E-state index in [1.54, 1.807) is 12.1 Å². The lowest BCUT2D eigenvalue weighted by Crippen LogP contribution is -2.41. The lowest BCUT2D eigenvalue weighted by Gasteiger charge is -2.27. The summed E-state index contributed by atoms with van der Waals surface area (Å²) in [5.41, 5.74) is 0.693. The Kier molecular flexibility index (Phi) is 4.57. The van der Waals surface area contributed by atoms with Gasteiger partial charge >= 0.3 is 0 Å². The Morgan fingerprint density at radius 1 is 1.37 bits per heavy atom. The summed E-state index contributed by atoms with van der Waals surface area (Å²) >= 11 is 0. The molecule has 2 rings (SSSR count). The number of aliphatic hydroxyl groups is 1. The molecule has 5 nitrogen and oxygen atoms in total. The zero-order valence-electron chi connectivity index (χ0n) is 10.9. The Balaban J connectivity index is 2.08. The largest absolute Gasteiger partial charge is 0.392 e. The van der Waals surface area contributed by atoms with E-state index in [1.807, 2.05) is 6.92 Å². The van der Waals surface area contributed by atoms with E-state index in [9.17, 15) is 8.42 Å². The Morgan fingerprint density at radius 3 is 2.63 bits per heavy atom. The third kappa shape index (κ3) is 3.76. The average Bonchev–Trinajstić information content (AvgIpc) is 2.38. The minimum absolute atomic E-state index is 0.0775. The van der Waals surface area contributed by atoms with Crippen molar-refractivity contribution in [1.29, 1.82) is 0 Å². The van der Waals surface area contributed by atoms with Crippen molar-refractivity contribution in [2.24, 2.45) is 0 Å². The van der Waals surface area contributed by atoms with Gasteiger partial charge in [0.1, 0.15) is 0 Å². The molecule has 1 fully saturated rings. The molecule has 0 bridgehead atoms. The van der Waals surface area contributed by atoms with Crippen molar-refractivity contribution in [1.82, 2.24) is 4.72 Å². The van der Waals surface area contributed by atoms with Gasteiger partial charge in [-0.05, 0) is 37.5 Å². The minimum Gasteiger partial charge on any atom is -0.392 e. The summed E-state index contributed by atoms with van der Waals surface area (Å²) in [5.74, 6) is 0. The molecule has 0 radical (unpaired) electrons. The summed E-state index contributed by atoms with van der Waals surface area (Å²) in [4.78, 5) is 0.226. The molecule has 1 aliphatic rings. The van der Waals surface area contributed by atoms with Gasteiger partial charge in [0.25, 0.3) is 0 Å². The van der Waals surface area contributed by atoms with Crippen molar-refractivity contribution in [3.63, 3.8) is 0 Å². The van der Waals surface area contributed by atoms with E-state index in [4.69, 9.17) is 9.84 Å². The number of rotatable bonds is 4. The molecule has 1 heterocycles. The third-order valence-electron chi connectivity index (χ3n) is 3.22. The van der Waals surface area contributed by atoms with Gasteiger partial charge in [0.05, 0.1) is 17.6 Å². The van der Waals surface area contributed by atoms with Crippen LogP contribution in [0.2, 0.25) is 0 Å². The third-order valence-corrected chi connectivity index (χ3v) is 4.76. The van der Waals surface area contributed by atoms with Gasteiger partial charge in [-0.3, -0.25) is 0 Å². The first-order chi connectivity index (χ1) is 9.01. The molecule has 0 saturated carbocycles. The first-order valence-electron chi connectivity index (χ1n) is 6.35. The van der Waals surface area contributed by atoms with E-state index in [-0.39, 0.29) is 23.6 Å². The lowest BCUT2D eigenvalue weighted by molar-refractivity contribution is 0.0173. The van der Waals surface area contributed by atoms with Crippen LogP contribution in [0.1, 0.15) is 25.3 Å². The maximum Gasteiger partial charge on any atom is 0.240 e. The molecule has 2 unspecified atom stereocenters. The summed E-state index contributed by atoms with van der Waals surface area (Å²) in [6, 6.07) is 6.17. The van der Waals surface area contributed by atoms with Crippen molar-refractivity contribution in [2.75, 3.05) is 6.61 Å². The number of sulfonamides is 1. The fraction of sp³-hybridized carbons (Fsp3) is 0.538. The van der Waals surface area contributed by atoms with E-state index in [2.05, 4.69) is 4.72 Å². The smallest absolute Gasteiger partial charge is 0.240 e. The van der Waals surface area contributed by atoms with Gasteiger partial charge in [-0.2, -0.15) is 0 Å². The van der Waals surface area contributed by atoms with Crippen LogP contribution < -0.4 is 4.72 Å². The van der Waals surface area contributed by atoms with Crippen molar-refractivity contribution >= 4 is 10.0 Å². The van der Waals surface area contributed by atoms with Crippen LogP contribution in [-0.2, 0) is 21.4 Å². The van der Waals surface area contributed by atoms with Gasteiger partial charge in [-0.1, -0.05) is 12.1 Å². The molecule has 0 aliphatic carbocycles. The fourth-order valence-corrected chi connectivity index (χ4v) is 3.45. The normalized spacial score (nSPS) is 24.3. The zero-order valence-corrected chi connectivity index (χ0v) is 11.7. The lowest BCUT2D eigenvalue weighted by atomic mass is 10.1. The molecule has 1 aliphatic heterocycles. The number of hydrogen-bond acceptors (Lipinski definition) is 4. The molecule has 106 valence electrons. The number of nitrogens with one attached hydrogen (secondary N) is 1. The van der Waals surface area contributed by atoms with Gasteiger partial charge in [-0.15, -0.1) is 0 Å². The van der Waals surface area contributed by atoms with Gasteiger partial charge in [-0.25, -0.2) is 13.1 Å². The predicted molar refractivity (Wildman–Crippen MR) is 71.1 cm³/mol. The molecule has 0 amide bonds. The van der Waals surface area contributed by atoms with Gasteiger partial charge in [0.15, 0.2) is 0 Å². The second-order valence-corrected chi connectivity index (χ2v) is 6.54. The molecule has 6 heteroatoms. The Labute approximate surface area is 113 Å². The number of hydrogen-bond donors (Lipinski definition) is 2. The second kappa shape index (κ2) is 6.00. The number of benzene rings is 1. The highest BCUT2D eigenvalue weighted by Crippen LogP contribution is 2.17. The van der Waals surface area contributed by atoms with Crippen molar-refractivity contribution in [3.8, 4) is 0 Å². The summed E-state index contributed by atoms with van der Waals surface area (Å²) in [6.45, 7) is 2.43. The van der Waals surface area contributed by atoms with Crippen molar-refractivity contribution in [2.45, 2.75) is 43.4 Å². The van der Waals surface area contributed by atoms with Crippen LogP contribution in [-0.4, -0.2) is 32.3 Å². The topological polar surface area (TPSA) is 75.6 Å². The highest BCUT2D eigenvalue weighted by molar-refractivity contribution is 7.89. The first-order valence-corrected chi connectivity index (χ1v) is 7.83. The molecular formula is C13H19NO4S. The van der Waals surface area contributed by atoms with Crippen LogP contribution >= 0.6 is 0 Å². The highest BCUT2D eigenvalue weighted by Gasteiger charge is 2.24. The van der Waals surface area contributed by atoms with Crippen LogP contribution in [0.25, 0.3) is 0 Å². The predicted octanol–water partition coefficient (Wildman–Crippen LogP) is 1.02. The van der Waals surface area contributed by atoms with Crippen molar-refractivity contribution < 1.29 is 18.3 Å². The van der Waals surface area contributed by atoms with E-state index >= 15 is 0 Å². The molecule has 1 aromatic rings. The van der Waals surface area contributed by atoms with E-state index in [1.165, 1.54) is 12.1 Å². The second-order valence-electron chi connectivity index (χ2n) is 4.83. The van der Waals surface area contributed by atoms with Crippen LogP contribution in [0.15, 0.2) is 29.2 Å². The highest BCUT2D eigenvalue weighted by atomic mass is 32.2. The summed E-state index contributed by atoms with van der Waals surface area (Å²) in [6.07, 6.45) is 1.46. The van der Waals surface area contributed by atoms with E-state index < -0.39 is 10.0 Å². The maximum atomic E-state index is 12.2. The molecule has 19 heavy (non-hydrogen) atoms.